The summed E-state index contributed by atoms with van der Waals surface area (Å²) in [7, 11) is 0. The number of nitrogens with one attached hydrogen (secondary N) is 1. The molecule has 0 fully saturated rings. The lowest BCUT2D eigenvalue weighted by Crippen LogP contribution is -2.33. The van der Waals surface area contributed by atoms with Crippen molar-refractivity contribution in [1.29, 1.82) is 0 Å². The van der Waals surface area contributed by atoms with Gasteiger partial charge in [0.2, 0.25) is 5.91 Å². The van der Waals surface area contributed by atoms with Crippen molar-refractivity contribution in [3.63, 3.8) is 0 Å². The first kappa shape index (κ1) is 22.0. The number of benzene rings is 2. The summed E-state index contributed by atoms with van der Waals surface area (Å²) in [4.78, 5) is 24.6. The SMILES string of the molecule is Cc1nn(-c2cccc3sc(Cc4cc(F)cc(Cl)c4)cc23)c(C)c1C(=O)NCC(N)=O. The molecule has 0 saturated heterocycles. The minimum absolute atomic E-state index is 0.240. The Morgan fingerprint density at radius 1 is 1.22 bits per heavy atom. The summed E-state index contributed by atoms with van der Waals surface area (Å²) >= 11 is 7.60. The van der Waals surface area contributed by atoms with Gasteiger partial charge in [-0.15, -0.1) is 11.3 Å². The van der Waals surface area contributed by atoms with Gasteiger partial charge in [-0.2, -0.15) is 5.10 Å². The van der Waals surface area contributed by atoms with E-state index >= 15 is 0 Å². The Bertz CT molecular complexity index is 1340. The number of aromatic nitrogens is 2. The number of aryl methyl sites for hydroxylation is 1. The number of hydrogen-bond acceptors (Lipinski definition) is 4. The molecule has 0 spiro atoms. The highest BCUT2D eigenvalue weighted by Gasteiger charge is 2.21. The minimum Gasteiger partial charge on any atom is -0.368 e. The number of halogens is 2. The molecule has 9 heteroatoms. The van der Waals surface area contributed by atoms with E-state index in [0.717, 1.165) is 26.2 Å². The molecule has 0 aliphatic rings. The van der Waals surface area contributed by atoms with Gasteiger partial charge in [0.25, 0.3) is 5.91 Å². The fourth-order valence-electron chi connectivity index (χ4n) is 3.75. The largest absolute Gasteiger partial charge is 0.368 e. The molecule has 3 N–H and O–H groups in total. The Morgan fingerprint density at radius 2 is 2.00 bits per heavy atom. The monoisotopic (exact) mass is 470 g/mol. The summed E-state index contributed by atoms with van der Waals surface area (Å²) in [5.41, 5.74) is 8.36. The standard InChI is InChI=1S/C23H20ClFN4O2S/c1-12-22(23(31)27-11-21(26)30)13(2)29(28-12)19-4-3-5-20-18(19)10-17(32-20)8-14-6-15(24)9-16(25)7-14/h3-7,9-10H,8,11H2,1-2H3,(H2,26,30)(H,27,31). The lowest BCUT2D eigenvalue weighted by atomic mass is 10.1. The van der Waals surface area contributed by atoms with Gasteiger partial charge < -0.3 is 11.1 Å². The van der Waals surface area contributed by atoms with Gasteiger partial charge in [-0.3, -0.25) is 9.59 Å². The normalized spacial score (nSPS) is 11.1. The molecule has 6 nitrogen and oxygen atoms in total. The van der Waals surface area contributed by atoms with Gasteiger partial charge in [-0.25, -0.2) is 9.07 Å². The lowest BCUT2D eigenvalue weighted by Gasteiger charge is -2.07. The number of amides is 2. The first-order valence-corrected chi connectivity index (χ1v) is 11.0. The van der Waals surface area contributed by atoms with E-state index in [4.69, 9.17) is 17.3 Å². The van der Waals surface area contributed by atoms with Gasteiger partial charge in [-0.05, 0) is 55.8 Å². The molecule has 164 valence electrons. The third kappa shape index (κ3) is 4.37. The van der Waals surface area contributed by atoms with Crippen LogP contribution >= 0.6 is 22.9 Å². The zero-order chi connectivity index (χ0) is 23.0. The van der Waals surface area contributed by atoms with Crippen molar-refractivity contribution >= 4 is 44.8 Å². The fourth-order valence-corrected chi connectivity index (χ4v) is 5.11. The number of nitrogens with zero attached hydrogens (tertiary/aromatic N) is 2. The highest BCUT2D eigenvalue weighted by molar-refractivity contribution is 7.19. The maximum atomic E-state index is 13.7. The Morgan fingerprint density at radius 3 is 2.72 bits per heavy atom. The lowest BCUT2D eigenvalue weighted by molar-refractivity contribution is -0.117. The number of primary amides is 1. The molecule has 0 atom stereocenters. The number of fused-ring (bicyclic) bond motifs is 1. The summed E-state index contributed by atoms with van der Waals surface area (Å²) in [6.07, 6.45) is 0.550. The Hall–Kier alpha value is -3.23. The van der Waals surface area contributed by atoms with Crippen LogP contribution in [0, 0.1) is 19.7 Å². The fraction of sp³-hybridized carbons (Fsp3) is 0.174. The van der Waals surface area contributed by atoms with Crippen LogP contribution in [0.2, 0.25) is 5.02 Å². The van der Waals surface area contributed by atoms with E-state index in [1.807, 2.05) is 18.2 Å². The molecular weight excluding hydrogens is 451 g/mol. The number of rotatable bonds is 6. The van der Waals surface area contributed by atoms with Gasteiger partial charge in [0, 0.05) is 26.4 Å². The second-order valence-corrected chi connectivity index (χ2v) is 9.07. The molecule has 0 aliphatic carbocycles. The molecule has 4 rings (SSSR count). The molecule has 2 aromatic carbocycles. The summed E-state index contributed by atoms with van der Waals surface area (Å²) in [6.45, 7) is 3.31. The Balaban J connectivity index is 1.72. The number of nitrogens with two attached hydrogens (primary N) is 1. The molecule has 0 saturated carbocycles. The van der Waals surface area contributed by atoms with Crippen LogP contribution in [0.1, 0.15) is 32.2 Å². The first-order valence-electron chi connectivity index (χ1n) is 9.82. The minimum atomic E-state index is -0.615. The van der Waals surface area contributed by atoms with Crippen LogP contribution in [0.25, 0.3) is 15.8 Å². The zero-order valence-electron chi connectivity index (χ0n) is 17.4. The molecule has 2 heterocycles. The third-order valence-electron chi connectivity index (χ3n) is 5.06. The van der Waals surface area contributed by atoms with Gasteiger partial charge in [0.1, 0.15) is 5.82 Å². The second kappa shape index (κ2) is 8.72. The van der Waals surface area contributed by atoms with Crippen molar-refractivity contribution in [2.24, 2.45) is 5.73 Å². The van der Waals surface area contributed by atoms with Crippen LogP contribution in [0.15, 0.2) is 42.5 Å². The molecule has 32 heavy (non-hydrogen) atoms. The van der Waals surface area contributed by atoms with Gasteiger partial charge in [0.05, 0.1) is 29.2 Å². The molecule has 2 amide bonds. The smallest absolute Gasteiger partial charge is 0.255 e. The summed E-state index contributed by atoms with van der Waals surface area (Å²) in [5, 5.41) is 8.43. The van der Waals surface area contributed by atoms with Crippen LogP contribution in [0.4, 0.5) is 4.39 Å². The predicted molar refractivity (Wildman–Crippen MR) is 124 cm³/mol. The maximum absolute atomic E-state index is 13.7. The number of carbonyl (C=O) groups excluding carboxylic acids is 2. The predicted octanol–water partition coefficient (Wildman–Crippen LogP) is 4.30. The van der Waals surface area contributed by atoms with Crippen molar-refractivity contribution in [1.82, 2.24) is 15.1 Å². The van der Waals surface area contributed by atoms with Gasteiger partial charge in [-0.1, -0.05) is 17.7 Å². The maximum Gasteiger partial charge on any atom is 0.255 e. The molecular formula is C23H20ClFN4O2S. The van der Waals surface area contributed by atoms with Crippen molar-refractivity contribution in [3.8, 4) is 5.69 Å². The number of hydrogen-bond donors (Lipinski definition) is 2. The van der Waals surface area contributed by atoms with E-state index in [1.165, 1.54) is 12.1 Å². The zero-order valence-corrected chi connectivity index (χ0v) is 19.0. The Kier molecular flexibility index (Phi) is 5.99. The van der Waals surface area contributed by atoms with Crippen LogP contribution in [-0.4, -0.2) is 28.1 Å². The van der Waals surface area contributed by atoms with Crippen LogP contribution in [-0.2, 0) is 11.2 Å². The highest BCUT2D eigenvalue weighted by atomic mass is 35.5. The molecule has 0 unspecified atom stereocenters. The Labute approximate surface area is 192 Å². The van der Waals surface area contributed by atoms with Crippen molar-refractivity contribution in [2.75, 3.05) is 6.54 Å². The molecule has 2 aromatic heterocycles. The third-order valence-corrected chi connectivity index (χ3v) is 6.38. The molecule has 4 aromatic rings. The van der Waals surface area contributed by atoms with E-state index in [0.29, 0.717) is 28.4 Å². The second-order valence-electron chi connectivity index (χ2n) is 7.46. The van der Waals surface area contributed by atoms with Crippen LogP contribution in [0.3, 0.4) is 0 Å². The van der Waals surface area contributed by atoms with Crippen LogP contribution in [0.5, 0.6) is 0 Å². The topological polar surface area (TPSA) is 90.0 Å². The average Bonchev–Trinajstić information content (AvgIpc) is 3.24. The van der Waals surface area contributed by atoms with Crippen molar-refractivity contribution in [3.05, 3.63) is 80.7 Å². The van der Waals surface area contributed by atoms with Crippen molar-refractivity contribution in [2.45, 2.75) is 20.3 Å². The number of carbonyl (C=O) groups is 2. The van der Waals surface area contributed by atoms with Crippen LogP contribution < -0.4 is 11.1 Å². The average molecular weight is 471 g/mol. The van der Waals surface area contributed by atoms with E-state index in [-0.39, 0.29) is 12.4 Å². The first-order chi connectivity index (χ1) is 15.2. The molecule has 0 bridgehead atoms. The van der Waals surface area contributed by atoms with Gasteiger partial charge >= 0.3 is 0 Å². The van der Waals surface area contributed by atoms with Crippen molar-refractivity contribution < 1.29 is 14.0 Å². The summed E-state index contributed by atoms with van der Waals surface area (Å²) in [6, 6.07) is 12.5. The van der Waals surface area contributed by atoms with E-state index in [9.17, 15) is 14.0 Å². The summed E-state index contributed by atoms with van der Waals surface area (Å²) < 4.78 is 16.5. The quantitative estimate of drug-likeness (QED) is 0.440. The highest BCUT2D eigenvalue weighted by Crippen LogP contribution is 2.33. The van der Waals surface area contributed by atoms with E-state index in [1.54, 1.807) is 35.9 Å². The number of thiophene rings is 1. The van der Waals surface area contributed by atoms with Gasteiger partial charge in [0.15, 0.2) is 0 Å². The van der Waals surface area contributed by atoms with E-state index in [2.05, 4.69) is 16.5 Å². The molecule has 0 radical (unpaired) electrons. The molecule has 0 aliphatic heterocycles. The summed E-state index contributed by atoms with van der Waals surface area (Å²) in [5.74, 6) is -1.37. The van der Waals surface area contributed by atoms with E-state index < -0.39 is 11.8 Å².